The lowest BCUT2D eigenvalue weighted by Crippen LogP contribution is -2.03. The number of nitrogens with zero attached hydrogens (tertiary/aromatic N) is 2. The fourth-order valence-corrected chi connectivity index (χ4v) is 0.898. The lowest BCUT2D eigenvalue weighted by Gasteiger charge is -1.93. The zero-order chi connectivity index (χ0) is 10.1. The molecule has 0 saturated carbocycles. The molecule has 7 heteroatoms. The number of rotatable bonds is 2. The van der Waals surface area contributed by atoms with Crippen LogP contribution in [0.25, 0.3) is 0 Å². The van der Waals surface area contributed by atoms with Gasteiger partial charge in [0, 0.05) is 0 Å². The Kier molecular flexibility index (Phi) is 6.21. The smallest absolute Gasteiger partial charge is 0.369 e. The lowest BCUT2D eigenvalue weighted by molar-refractivity contribution is 0.0525. The highest BCUT2D eigenvalue weighted by Crippen LogP contribution is 2.02. The van der Waals surface area contributed by atoms with Crippen LogP contribution in [-0.2, 0) is 9.53 Å². The first kappa shape index (κ1) is 11.4. The van der Waals surface area contributed by atoms with Gasteiger partial charge in [0.05, 0.1) is 6.61 Å². The second-order valence-electron chi connectivity index (χ2n) is 1.57. The minimum Gasteiger partial charge on any atom is -0.461 e. The fraction of sp³-hybridized carbons (Fsp3) is 0.333. The second kappa shape index (κ2) is 7.08. The van der Waals surface area contributed by atoms with Crippen LogP contribution in [0.1, 0.15) is 16.7 Å². The quantitative estimate of drug-likeness (QED) is 0.430. The van der Waals surface area contributed by atoms with E-state index in [1.807, 2.05) is 0 Å². The summed E-state index contributed by atoms with van der Waals surface area (Å²) in [7, 11) is 0. The largest absolute Gasteiger partial charge is 0.461 e. The van der Waals surface area contributed by atoms with Crippen molar-refractivity contribution in [2.45, 2.75) is 6.92 Å². The van der Waals surface area contributed by atoms with Crippen molar-refractivity contribution in [3.8, 4) is 0 Å². The van der Waals surface area contributed by atoms with E-state index in [0.29, 0.717) is 11.6 Å². The second-order valence-corrected chi connectivity index (χ2v) is 2.40. The fourth-order valence-electron chi connectivity index (χ4n) is 0.455. The van der Waals surface area contributed by atoms with Crippen molar-refractivity contribution >= 4 is 23.4 Å². The first-order chi connectivity index (χ1) is 6.26. The number of hydrogen-bond donors (Lipinski definition) is 1. The molecule has 70 valence electrons. The van der Waals surface area contributed by atoms with Crippen molar-refractivity contribution in [2.75, 3.05) is 6.61 Å². The van der Waals surface area contributed by atoms with Crippen LogP contribution in [-0.4, -0.2) is 28.9 Å². The predicted octanol–water partition coefficient (Wildman–Crippen LogP) is 0.616. The van der Waals surface area contributed by atoms with Crippen molar-refractivity contribution in [1.29, 1.82) is 5.41 Å². The summed E-state index contributed by atoms with van der Waals surface area (Å²) in [5.41, 5.74) is 1.49. The summed E-state index contributed by atoms with van der Waals surface area (Å²) in [6.45, 7) is 2.12. The van der Waals surface area contributed by atoms with Gasteiger partial charge >= 0.3 is 5.97 Å². The molecule has 0 bridgehead atoms. The van der Waals surface area contributed by atoms with E-state index in [1.54, 1.807) is 6.92 Å². The van der Waals surface area contributed by atoms with Gasteiger partial charge in [-0.05, 0) is 6.92 Å². The molecule has 0 spiro atoms. The summed E-state index contributed by atoms with van der Waals surface area (Å²) in [6, 6.07) is 0. The zero-order valence-electron chi connectivity index (χ0n) is 6.81. The molecule has 6 nitrogen and oxygen atoms in total. The van der Waals surface area contributed by atoms with Gasteiger partial charge in [0.25, 0.3) is 0 Å². The number of carbonyl (C=O) groups is 1. The summed E-state index contributed by atoms with van der Waals surface area (Å²) in [5.74, 6) is -0.398. The third kappa shape index (κ3) is 4.78. The first-order valence-electron chi connectivity index (χ1n) is 3.23. The maximum absolute atomic E-state index is 10.8. The van der Waals surface area contributed by atoms with E-state index in [0.717, 1.165) is 6.08 Å². The molecule has 0 aliphatic heterocycles. The third-order valence-electron chi connectivity index (χ3n) is 0.810. The lowest BCUT2D eigenvalue weighted by atomic mass is 10.7. The van der Waals surface area contributed by atoms with Gasteiger partial charge in [-0.15, -0.1) is 10.2 Å². The molecule has 0 aliphatic carbocycles. The molecule has 1 rings (SSSR count). The van der Waals surface area contributed by atoms with Crippen LogP contribution in [0.5, 0.6) is 0 Å². The van der Waals surface area contributed by atoms with E-state index >= 15 is 0 Å². The molecule has 1 N–H and O–H groups in total. The molecular formula is C6H7N3O3S. The Hall–Kier alpha value is -1.59. The van der Waals surface area contributed by atoms with E-state index in [9.17, 15) is 4.79 Å². The van der Waals surface area contributed by atoms with Gasteiger partial charge in [-0.1, -0.05) is 11.3 Å². The number of aromatic nitrogens is 2. The standard InChI is InChI=1S/C5H6N2O2S.CHNO/c1-2-9-5(8)4-7-6-3-10-4;2-1-3/h3H,2H2,1H3;2H. The summed E-state index contributed by atoms with van der Waals surface area (Å²) < 4.78 is 4.66. The molecule has 0 atom stereocenters. The molecule has 1 aromatic heterocycles. The van der Waals surface area contributed by atoms with E-state index < -0.39 is 5.97 Å². The molecule has 0 fully saturated rings. The van der Waals surface area contributed by atoms with E-state index in [1.165, 1.54) is 16.8 Å². The van der Waals surface area contributed by atoms with Crippen LogP contribution in [0.2, 0.25) is 0 Å². The Labute approximate surface area is 78.1 Å². The Morgan fingerprint density at radius 3 is 2.85 bits per heavy atom. The van der Waals surface area contributed by atoms with Gasteiger partial charge in [0.2, 0.25) is 11.1 Å². The number of esters is 1. The zero-order valence-corrected chi connectivity index (χ0v) is 7.63. The molecule has 0 radical (unpaired) electrons. The molecule has 0 unspecified atom stereocenters. The van der Waals surface area contributed by atoms with Gasteiger partial charge in [-0.2, -0.15) is 0 Å². The summed E-state index contributed by atoms with van der Waals surface area (Å²) in [4.78, 5) is 19.1. The number of ether oxygens (including phenoxy) is 1. The molecule has 0 saturated heterocycles. The van der Waals surface area contributed by atoms with Gasteiger partial charge in [0.1, 0.15) is 5.51 Å². The van der Waals surface area contributed by atoms with Crippen LogP contribution in [0, 0.1) is 5.41 Å². The van der Waals surface area contributed by atoms with Gasteiger partial charge < -0.3 is 4.74 Å². The summed E-state index contributed by atoms with van der Waals surface area (Å²) >= 11 is 1.17. The molecule has 13 heavy (non-hydrogen) atoms. The van der Waals surface area contributed by atoms with Crippen LogP contribution in [0.3, 0.4) is 0 Å². The maximum Gasteiger partial charge on any atom is 0.369 e. The topological polar surface area (TPSA) is 93.0 Å². The van der Waals surface area contributed by atoms with Crippen molar-refractivity contribution in [3.05, 3.63) is 10.5 Å². The summed E-state index contributed by atoms with van der Waals surface area (Å²) in [6.07, 6.45) is 0.750. The number of carbonyl (C=O) groups excluding carboxylic acids is 2. The van der Waals surface area contributed by atoms with E-state index in [-0.39, 0.29) is 0 Å². The Bertz CT molecular complexity index is 279. The summed E-state index contributed by atoms with van der Waals surface area (Å²) in [5, 5.41) is 12.7. The Morgan fingerprint density at radius 2 is 2.46 bits per heavy atom. The van der Waals surface area contributed by atoms with Crippen molar-refractivity contribution in [2.24, 2.45) is 0 Å². The molecule has 1 heterocycles. The maximum atomic E-state index is 10.8. The Morgan fingerprint density at radius 1 is 1.85 bits per heavy atom. The highest BCUT2D eigenvalue weighted by Gasteiger charge is 2.08. The van der Waals surface area contributed by atoms with E-state index in [4.69, 9.17) is 10.2 Å². The average molecular weight is 201 g/mol. The number of isocyanates is 1. The van der Waals surface area contributed by atoms with Crippen LogP contribution in [0.15, 0.2) is 5.51 Å². The minimum atomic E-state index is -0.398. The first-order valence-corrected chi connectivity index (χ1v) is 4.11. The highest BCUT2D eigenvalue weighted by molar-refractivity contribution is 7.11. The number of nitrogens with one attached hydrogen (secondary N) is 1. The Balaban J connectivity index is 0.000000424. The monoisotopic (exact) mass is 201 g/mol. The molecule has 0 aromatic carbocycles. The van der Waals surface area contributed by atoms with Gasteiger partial charge in [0.15, 0.2) is 0 Å². The van der Waals surface area contributed by atoms with Crippen LogP contribution in [0.4, 0.5) is 0 Å². The molecule has 0 amide bonds. The van der Waals surface area contributed by atoms with Crippen molar-refractivity contribution < 1.29 is 14.3 Å². The third-order valence-corrected chi connectivity index (χ3v) is 1.48. The predicted molar refractivity (Wildman–Crippen MR) is 44.3 cm³/mol. The molecule has 1 aromatic rings. The molecule has 0 aliphatic rings. The van der Waals surface area contributed by atoms with Gasteiger partial charge in [-0.25, -0.2) is 15.0 Å². The average Bonchev–Trinajstić information content (AvgIpc) is 2.58. The normalized spacial score (nSPS) is 7.77. The molecular weight excluding hydrogens is 194 g/mol. The minimum absolute atomic E-state index is 0.307. The van der Waals surface area contributed by atoms with Gasteiger partial charge in [-0.3, -0.25) is 0 Å². The van der Waals surface area contributed by atoms with Crippen molar-refractivity contribution in [1.82, 2.24) is 10.2 Å². The highest BCUT2D eigenvalue weighted by atomic mass is 32.1. The SMILES string of the molecule is CCOC(=O)c1nncs1.N=C=O. The van der Waals surface area contributed by atoms with Crippen LogP contribution < -0.4 is 0 Å². The number of hydrogen-bond acceptors (Lipinski definition) is 7. The van der Waals surface area contributed by atoms with Crippen LogP contribution >= 0.6 is 11.3 Å². The van der Waals surface area contributed by atoms with E-state index in [2.05, 4.69) is 14.9 Å². The van der Waals surface area contributed by atoms with Crippen molar-refractivity contribution in [3.63, 3.8) is 0 Å².